The Balaban J connectivity index is 1.35. The van der Waals surface area contributed by atoms with Crippen LogP contribution in [0.4, 0.5) is 16.3 Å². The Hall–Kier alpha value is -4.14. The standard InChI is InChI=1S/C32H39N7O4/c1-31(2)32(3,43-18-14-34-31)21-42-29-35-26-20-37(27-10-6-8-22-7-4-5-9-24(22)27)15-12-25(26)28(36-29)38-16-17-39(30(40)41)23(19-38)11-13-33/h4-10,23,34H,11-12,14-21H2,1-3H3,(H,40,41). The number of fused-ring (bicyclic) bond motifs is 2. The Bertz CT molecular complexity index is 1550. The molecule has 0 radical (unpaired) electrons. The number of hydrogen-bond acceptors (Lipinski definition) is 9. The molecule has 0 saturated carbocycles. The number of nitriles is 1. The van der Waals surface area contributed by atoms with E-state index in [1.54, 1.807) is 0 Å². The summed E-state index contributed by atoms with van der Waals surface area (Å²) in [5.41, 5.74) is 2.19. The number of carbonyl (C=O) groups is 1. The van der Waals surface area contributed by atoms with Crippen molar-refractivity contribution in [3.05, 3.63) is 53.7 Å². The van der Waals surface area contributed by atoms with Crippen molar-refractivity contribution in [2.24, 2.45) is 0 Å². The first-order valence-electron chi connectivity index (χ1n) is 14.9. The predicted molar refractivity (Wildman–Crippen MR) is 164 cm³/mol. The van der Waals surface area contributed by atoms with Crippen molar-refractivity contribution >= 4 is 28.4 Å². The molecule has 2 atom stereocenters. The van der Waals surface area contributed by atoms with E-state index in [-0.39, 0.29) is 24.6 Å². The second-order valence-electron chi connectivity index (χ2n) is 12.3. The van der Waals surface area contributed by atoms with Crippen LogP contribution in [0.15, 0.2) is 42.5 Å². The molecule has 0 spiro atoms. The first kappa shape index (κ1) is 29.0. The van der Waals surface area contributed by atoms with Crippen molar-refractivity contribution < 1.29 is 19.4 Å². The average Bonchev–Trinajstić information content (AvgIpc) is 3.00. The van der Waals surface area contributed by atoms with Gasteiger partial charge in [-0.1, -0.05) is 36.4 Å². The number of hydrogen-bond donors (Lipinski definition) is 2. The van der Waals surface area contributed by atoms with Crippen LogP contribution < -0.4 is 19.9 Å². The zero-order chi connectivity index (χ0) is 30.2. The molecule has 2 fully saturated rings. The van der Waals surface area contributed by atoms with Crippen LogP contribution in [0.2, 0.25) is 0 Å². The molecule has 0 bridgehead atoms. The first-order valence-corrected chi connectivity index (χ1v) is 14.9. The lowest BCUT2D eigenvalue weighted by Crippen LogP contribution is -2.66. The molecule has 1 aromatic heterocycles. The fourth-order valence-electron chi connectivity index (χ4n) is 6.42. The van der Waals surface area contributed by atoms with Crippen LogP contribution in [-0.4, -0.2) is 89.2 Å². The number of piperazine rings is 1. The second kappa shape index (κ2) is 11.5. The van der Waals surface area contributed by atoms with Gasteiger partial charge in [-0.3, -0.25) is 0 Å². The lowest BCUT2D eigenvalue weighted by Gasteiger charge is -2.47. The Morgan fingerprint density at radius 2 is 1.95 bits per heavy atom. The third-order valence-corrected chi connectivity index (χ3v) is 9.37. The maximum absolute atomic E-state index is 11.9. The molecule has 0 aliphatic carbocycles. The van der Waals surface area contributed by atoms with E-state index < -0.39 is 17.7 Å². The third kappa shape index (κ3) is 5.53. The highest BCUT2D eigenvalue weighted by Gasteiger charge is 2.45. The van der Waals surface area contributed by atoms with Crippen molar-refractivity contribution in [3.8, 4) is 12.1 Å². The summed E-state index contributed by atoms with van der Waals surface area (Å²) in [7, 11) is 0. The fraction of sp³-hybridized carbons (Fsp3) is 0.500. The summed E-state index contributed by atoms with van der Waals surface area (Å²) >= 11 is 0. The SMILES string of the molecule is CC1(C)NCCOC1(C)COc1nc2c(c(N3CCN(C(=O)O)C(CC#N)C3)n1)CCN(c1cccc3ccccc13)C2. The highest BCUT2D eigenvalue weighted by Crippen LogP contribution is 2.35. The smallest absolute Gasteiger partial charge is 0.407 e. The summed E-state index contributed by atoms with van der Waals surface area (Å²) in [5, 5.41) is 25.1. The number of benzene rings is 2. The van der Waals surface area contributed by atoms with Gasteiger partial charge in [0.05, 0.1) is 37.4 Å². The average molecular weight is 586 g/mol. The minimum Gasteiger partial charge on any atom is -0.465 e. The Morgan fingerprint density at radius 3 is 2.74 bits per heavy atom. The lowest BCUT2D eigenvalue weighted by molar-refractivity contribution is -0.136. The van der Waals surface area contributed by atoms with Gasteiger partial charge in [-0.25, -0.2) is 4.79 Å². The van der Waals surface area contributed by atoms with Crippen molar-refractivity contribution in [3.63, 3.8) is 0 Å². The minimum absolute atomic E-state index is 0.117. The highest BCUT2D eigenvalue weighted by molar-refractivity contribution is 5.94. The van der Waals surface area contributed by atoms with E-state index in [0.717, 1.165) is 42.3 Å². The van der Waals surface area contributed by atoms with E-state index in [9.17, 15) is 15.2 Å². The van der Waals surface area contributed by atoms with E-state index in [0.29, 0.717) is 32.8 Å². The molecular formula is C32H39N7O4. The second-order valence-corrected chi connectivity index (χ2v) is 12.3. The van der Waals surface area contributed by atoms with Gasteiger partial charge in [0.15, 0.2) is 0 Å². The normalized spacial score (nSPS) is 23.5. The molecule has 3 aromatic rings. The number of anilines is 2. The predicted octanol–water partition coefficient (Wildman–Crippen LogP) is 3.81. The Labute approximate surface area is 252 Å². The van der Waals surface area contributed by atoms with Gasteiger partial charge < -0.3 is 34.6 Å². The molecule has 11 heteroatoms. The summed E-state index contributed by atoms with van der Waals surface area (Å²) in [5.74, 6) is 0.762. The first-order chi connectivity index (χ1) is 20.7. The summed E-state index contributed by atoms with van der Waals surface area (Å²) in [6, 6.07) is 16.8. The van der Waals surface area contributed by atoms with Gasteiger partial charge in [0.1, 0.15) is 18.0 Å². The fourth-order valence-corrected chi connectivity index (χ4v) is 6.42. The Kier molecular flexibility index (Phi) is 7.75. The molecule has 2 unspecified atom stereocenters. The molecule has 43 heavy (non-hydrogen) atoms. The van der Waals surface area contributed by atoms with Crippen LogP contribution in [-0.2, 0) is 17.7 Å². The van der Waals surface area contributed by atoms with Crippen molar-refractivity contribution in [2.75, 3.05) is 55.7 Å². The van der Waals surface area contributed by atoms with E-state index in [2.05, 4.69) is 77.5 Å². The van der Waals surface area contributed by atoms with E-state index >= 15 is 0 Å². The molecule has 226 valence electrons. The summed E-state index contributed by atoms with van der Waals surface area (Å²) in [6.07, 6.45) is -0.156. The van der Waals surface area contributed by atoms with E-state index in [1.807, 2.05) is 6.92 Å². The largest absolute Gasteiger partial charge is 0.465 e. The van der Waals surface area contributed by atoms with Crippen LogP contribution in [0.25, 0.3) is 10.8 Å². The molecule has 6 rings (SSSR count). The van der Waals surface area contributed by atoms with Gasteiger partial charge in [0, 0.05) is 54.9 Å². The number of nitrogens with zero attached hydrogens (tertiary/aromatic N) is 6. The minimum atomic E-state index is -1.00. The van der Waals surface area contributed by atoms with Crippen LogP contribution in [0.5, 0.6) is 6.01 Å². The summed E-state index contributed by atoms with van der Waals surface area (Å²) in [4.78, 5) is 27.6. The molecule has 2 saturated heterocycles. The Morgan fingerprint density at radius 1 is 1.14 bits per heavy atom. The molecule has 4 heterocycles. The topological polar surface area (TPSA) is 127 Å². The molecule has 2 aromatic carbocycles. The van der Waals surface area contributed by atoms with Crippen molar-refractivity contribution in [1.29, 1.82) is 5.26 Å². The summed E-state index contributed by atoms with van der Waals surface area (Å²) < 4.78 is 12.5. The molecule has 11 nitrogen and oxygen atoms in total. The van der Waals surface area contributed by atoms with E-state index in [1.165, 1.54) is 15.7 Å². The number of nitrogens with one attached hydrogen (secondary N) is 1. The van der Waals surface area contributed by atoms with Crippen LogP contribution in [0, 0.1) is 11.3 Å². The third-order valence-electron chi connectivity index (χ3n) is 9.37. The zero-order valence-electron chi connectivity index (χ0n) is 25.0. The van der Waals surface area contributed by atoms with Crippen LogP contribution in [0.3, 0.4) is 0 Å². The zero-order valence-corrected chi connectivity index (χ0v) is 25.0. The number of rotatable bonds is 6. The quantitative estimate of drug-likeness (QED) is 0.441. The molecule has 3 aliphatic rings. The van der Waals surface area contributed by atoms with Gasteiger partial charge >= 0.3 is 12.1 Å². The van der Waals surface area contributed by atoms with Crippen LogP contribution in [0.1, 0.15) is 38.4 Å². The number of carboxylic acid groups (broad SMARTS) is 1. The van der Waals surface area contributed by atoms with Gasteiger partial charge in [-0.05, 0) is 38.6 Å². The number of morpholine rings is 1. The maximum atomic E-state index is 11.9. The number of ether oxygens (including phenoxy) is 2. The molecular weight excluding hydrogens is 546 g/mol. The van der Waals surface area contributed by atoms with Gasteiger partial charge in [-0.15, -0.1) is 0 Å². The molecule has 3 aliphatic heterocycles. The van der Waals surface area contributed by atoms with Gasteiger partial charge in [0.2, 0.25) is 0 Å². The number of aromatic nitrogens is 2. The maximum Gasteiger partial charge on any atom is 0.407 e. The van der Waals surface area contributed by atoms with Crippen molar-refractivity contribution in [2.45, 2.75) is 57.3 Å². The monoisotopic (exact) mass is 585 g/mol. The van der Waals surface area contributed by atoms with Crippen LogP contribution >= 0.6 is 0 Å². The van der Waals surface area contributed by atoms with E-state index in [4.69, 9.17) is 19.4 Å². The molecule has 2 N–H and O–H groups in total. The van der Waals surface area contributed by atoms with Gasteiger partial charge in [0.25, 0.3) is 0 Å². The summed E-state index contributed by atoms with van der Waals surface area (Å²) in [6.45, 7) is 10.4. The van der Waals surface area contributed by atoms with Gasteiger partial charge in [-0.2, -0.15) is 15.2 Å². The number of amides is 1. The highest BCUT2D eigenvalue weighted by atomic mass is 16.6. The van der Waals surface area contributed by atoms with Crippen molar-refractivity contribution in [1.82, 2.24) is 20.2 Å². The lowest BCUT2D eigenvalue weighted by atomic mass is 9.83. The molecule has 1 amide bonds.